The summed E-state index contributed by atoms with van der Waals surface area (Å²) in [4.78, 5) is 4.63. The first-order valence-electron chi connectivity index (χ1n) is 8.17. The number of imidazole rings is 1. The Balaban J connectivity index is 1.93. The van der Waals surface area contributed by atoms with Crippen molar-refractivity contribution >= 4 is 10.9 Å². The highest BCUT2D eigenvalue weighted by Crippen LogP contribution is 2.28. The first kappa shape index (κ1) is 16.0. The average molecular weight is 345 g/mol. The topological polar surface area (TPSA) is 59.4 Å². The molecule has 0 saturated heterocycles. The number of hydrogen-bond donors (Lipinski definition) is 0. The van der Waals surface area contributed by atoms with Gasteiger partial charge in [0.05, 0.1) is 16.8 Å². The minimum Gasteiger partial charge on any atom is -0.297 e. The zero-order chi connectivity index (χ0) is 18.4. The second-order valence-corrected chi connectivity index (χ2v) is 6.29. The van der Waals surface area contributed by atoms with Crippen LogP contribution in [0.4, 0.5) is 4.39 Å². The van der Waals surface area contributed by atoms with Gasteiger partial charge in [-0.25, -0.2) is 9.37 Å². The van der Waals surface area contributed by atoms with Gasteiger partial charge in [0.1, 0.15) is 17.7 Å². The fraction of sp³-hybridized carbons (Fsp3) is 0.150. The number of hydrogen-bond acceptors (Lipinski definition) is 3. The maximum Gasteiger partial charge on any atom is 0.145 e. The third-order valence-electron chi connectivity index (χ3n) is 4.55. The molecule has 128 valence electrons. The van der Waals surface area contributed by atoms with Crippen molar-refractivity contribution in [1.82, 2.24) is 19.3 Å². The fourth-order valence-electron chi connectivity index (χ4n) is 3.14. The first-order valence-corrected chi connectivity index (χ1v) is 8.17. The van der Waals surface area contributed by atoms with Crippen molar-refractivity contribution in [3.63, 3.8) is 0 Å². The Kier molecular flexibility index (Phi) is 3.58. The van der Waals surface area contributed by atoms with Crippen LogP contribution < -0.4 is 0 Å². The van der Waals surface area contributed by atoms with Crippen LogP contribution in [-0.4, -0.2) is 19.3 Å². The summed E-state index contributed by atoms with van der Waals surface area (Å²) < 4.78 is 17.9. The van der Waals surface area contributed by atoms with Crippen LogP contribution in [0, 0.1) is 31.0 Å². The molecule has 0 aliphatic carbocycles. The minimum absolute atomic E-state index is 0.0251. The molecule has 5 nitrogen and oxygen atoms in total. The summed E-state index contributed by atoms with van der Waals surface area (Å²) in [5, 5.41) is 14.4. The molecule has 0 aliphatic heterocycles. The largest absolute Gasteiger partial charge is 0.297 e. The van der Waals surface area contributed by atoms with Crippen molar-refractivity contribution in [2.24, 2.45) is 7.05 Å². The molecule has 0 saturated carbocycles. The fourth-order valence-corrected chi connectivity index (χ4v) is 3.14. The number of nitriles is 1. The molecule has 0 bridgehead atoms. The van der Waals surface area contributed by atoms with Crippen LogP contribution in [0.1, 0.15) is 17.0 Å². The van der Waals surface area contributed by atoms with Crippen molar-refractivity contribution in [1.29, 1.82) is 5.26 Å². The molecule has 2 heterocycles. The Labute approximate surface area is 149 Å². The molecular formula is C20H16FN5. The number of nitrogens with zero attached hydrogens (tertiary/aromatic N) is 5. The van der Waals surface area contributed by atoms with Crippen molar-refractivity contribution in [2.45, 2.75) is 13.8 Å². The molecule has 4 aromatic rings. The third kappa shape index (κ3) is 2.45. The Morgan fingerprint density at radius 1 is 1.12 bits per heavy atom. The van der Waals surface area contributed by atoms with Crippen LogP contribution in [-0.2, 0) is 7.05 Å². The van der Waals surface area contributed by atoms with Gasteiger partial charge in [-0.3, -0.25) is 9.25 Å². The molecule has 0 fully saturated rings. The Morgan fingerprint density at radius 3 is 2.65 bits per heavy atom. The summed E-state index contributed by atoms with van der Waals surface area (Å²) in [6.45, 7) is 3.91. The molecule has 0 spiro atoms. The molecule has 0 unspecified atom stereocenters. The highest BCUT2D eigenvalue weighted by atomic mass is 19.1. The normalized spacial score (nSPS) is 11.0. The standard InChI is InChI=1S/C20H16FN5/c1-12-13(2)26(17-6-7-19-16(8-17)11-25(3)24-19)20(23-12)14-4-5-15(10-22)18(21)9-14/h4-9,11H,1-3H3. The van der Waals surface area contributed by atoms with E-state index in [-0.39, 0.29) is 5.56 Å². The van der Waals surface area contributed by atoms with E-state index >= 15 is 0 Å². The molecule has 2 aromatic carbocycles. The predicted octanol–water partition coefficient (Wildman–Crippen LogP) is 4.05. The highest BCUT2D eigenvalue weighted by Gasteiger charge is 2.16. The number of aromatic nitrogens is 4. The molecule has 4 rings (SSSR count). The minimum atomic E-state index is -0.544. The lowest BCUT2D eigenvalue weighted by Crippen LogP contribution is -2.00. The van der Waals surface area contributed by atoms with E-state index in [9.17, 15) is 4.39 Å². The lowest BCUT2D eigenvalue weighted by Gasteiger charge is -2.11. The van der Waals surface area contributed by atoms with Gasteiger partial charge in [0.2, 0.25) is 0 Å². The van der Waals surface area contributed by atoms with Crippen LogP contribution in [0.5, 0.6) is 0 Å². The number of aryl methyl sites for hydroxylation is 2. The SMILES string of the molecule is Cc1nc(-c2ccc(C#N)c(F)c2)n(-c2ccc3nn(C)cc3c2)c1C. The lowest BCUT2D eigenvalue weighted by atomic mass is 10.1. The monoisotopic (exact) mass is 345 g/mol. The van der Waals surface area contributed by atoms with Crippen molar-refractivity contribution in [2.75, 3.05) is 0 Å². The van der Waals surface area contributed by atoms with Crippen LogP contribution in [0.2, 0.25) is 0 Å². The van der Waals surface area contributed by atoms with E-state index < -0.39 is 5.82 Å². The maximum atomic E-state index is 14.1. The van der Waals surface area contributed by atoms with Crippen LogP contribution in [0.3, 0.4) is 0 Å². The molecule has 2 aromatic heterocycles. The predicted molar refractivity (Wildman–Crippen MR) is 97.4 cm³/mol. The molecule has 6 heteroatoms. The van der Waals surface area contributed by atoms with E-state index in [1.165, 1.54) is 12.1 Å². The number of benzene rings is 2. The maximum absolute atomic E-state index is 14.1. The van der Waals surface area contributed by atoms with Crippen LogP contribution in [0.25, 0.3) is 28.0 Å². The van der Waals surface area contributed by atoms with Crippen molar-refractivity contribution in [3.05, 3.63) is 65.4 Å². The van der Waals surface area contributed by atoms with E-state index in [4.69, 9.17) is 5.26 Å². The third-order valence-corrected chi connectivity index (χ3v) is 4.55. The number of halogens is 1. The Hall–Kier alpha value is -3.46. The summed E-state index contributed by atoms with van der Waals surface area (Å²) in [6, 6.07) is 12.4. The van der Waals surface area contributed by atoms with E-state index in [0.717, 1.165) is 28.0 Å². The van der Waals surface area contributed by atoms with Gasteiger partial charge in [-0.2, -0.15) is 10.4 Å². The number of fused-ring (bicyclic) bond motifs is 1. The zero-order valence-corrected chi connectivity index (χ0v) is 14.7. The summed E-state index contributed by atoms with van der Waals surface area (Å²) in [6.07, 6.45) is 1.96. The Bertz CT molecular complexity index is 1190. The van der Waals surface area contributed by atoms with Crippen molar-refractivity contribution < 1.29 is 4.39 Å². The van der Waals surface area contributed by atoms with Crippen LogP contribution >= 0.6 is 0 Å². The summed E-state index contributed by atoms with van der Waals surface area (Å²) >= 11 is 0. The number of rotatable bonds is 2. The van der Waals surface area contributed by atoms with Gasteiger partial charge in [0.25, 0.3) is 0 Å². The van der Waals surface area contributed by atoms with Gasteiger partial charge in [-0.05, 0) is 50.2 Å². The summed E-state index contributed by atoms with van der Waals surface area (Å²) in [5.41, 5.74) is 4.35. The molecule has 26 heavy (non-hydrogen) atoms. The van der Waals surface area contributed by atoms with Gasteiger partial charge in [-0.15, -0.1) is 0 Å². The second kappa shape index (κ2) is 5.81. The summed E-state index contributed by atoms with van der Waals surface area (Å²) in [5.74, 6) is 0.101. The van der Waals surface area contributed by atoms with E-state index in [1.54, 1.807) is 10.7 Å². The molecule has 0 amide bonds. The van der Waals surface area contributed by atoms with Gasteiger partial charge >= 0.3 is 0 Å². The van der Waals surface area contributed by atoms with E-state index in [2.05, 4.69) is 10.1 Å². The van der Waals surface area contributed by atoms with Gasteiger partial charge < -0.3 is 0 Å². The van der Waals surface area contributed by atoms with Crippen molar-refractivity contribution in [3.8, 4) is 23.1 Å². The lowest BCUT2D eigenvalue weighted by molar-refractivity contribution is 0.624. The zero-order valence-electron chi connectivity index (χ0n) is 14.7. The van der Waals surface area contributed by atoms with Gasteiger partial charge in [-0.1, -0.05) is 0 Å². The Morgan fingerprint density at radius 2 is 1.92 bits per heavy atom. The van der Waals surface area contributed by atoms with Gasteiger partial charge in [0.15, 0.2) is 0 Å². The summed E-state index contributed by atoms with van der Waals surface area (Å²) in [7, 11) is 1.89. The molecule has 0 atom stereocenters. The van der Waals surface area contributed by atoms with E-state index in [0.29, 0.717) is 11.4 Å². The van der Waals surface area contributed by atoms with E-state index in [1.807, 2.05) is 55.9 Å². The molecule has 0 radical (unpaired) electrons. The highest BCUT2D eigenvalue weighted by molar-refractivity contribution is 5.81. The molecule has 0 aliphatic rings. The first-order chi connectivity index (χ1) is 12.5. The van der Waals surface area contributed by atoms with Crippen LogP contribution in [0.15, 0.2) is 42.6 Å². The smallest absolute Gasteiger partial charge is 0.145 e. The van der Waals surface area contributed by atoms with Gasteiger partial charge in [0, 0.05) is 35.6 Å². The average Bonchev–Trinajstić information content (AvgIpc) is 3.13. The second-order valence-electron chi connectivity index (χ2n) is 6.29. The quantitative estimate of drug-likeness (QED) is 0.550. The molecule has 0 N–H and O–H groups in total. The molecular weight excluding hydrogens is 329 g/mol.